The number of hydrogen-bond donors (Lipinski definition) is 2. The third kappa shape index (κ3) is 7.27. The van der Waals surface area contributed by atoms with E-state index in [-0.39, 0.29) is 13.2 Å². The molecule has 1 saturated carbocycles. The molecule has 1 unspecified atom stereocenters. The first-order chi connectivity index (χ1) is 8.51. The van der Waals surface area contributed by atoms with Gasteiger partial charge in [-0.1, -0.05) is 19.3 Å². The van der Waals surface area contributed by atoms with Gasteiger partial charge in [-0.2, -0.15) is 0 Å². The van der Waals surface area contributed by atoms with Crippen molar-refractivity contribution in [2.75, 3.05) is 25.5 Å². The summed E-state index contributed by atoms with van der Waals surface area (Å²) in [6.45, 7) is 0.206. The first kappa shape index (κ1) is 15.8. The van der Waals surface area contributed by atoms with Gasteiger partial charge in [-0.15, -0.1) is 0 Å². The molecule has 2 N–H and O–H groups in total. The zero-order chi connectivity index (χ0) is 13.4. The summed E-state index contributed by atoms with van der Waals surface area (Å²) >= 11 is 0. The van der Waals surface area contributed by atoms with Gasteiger partial charge in [0.05, 0.1) is 35.2 Å². The Hall–Kier alpha value is -0.210. The zero-order valence-corrected chi connectivity index (χ0v) is 11.3. The van der Waals surface area contributed by atoms with Crippen LogP contribution in [0.25, 0.3) is 0 Å². The Morgan fingerprint density at radius 2 is 2.00 bits per heavy atom. The van der Waals surface area contributed by atoms with Crippen LogP contribution in [0.1, 0.15) is 32.1 Å². The van der Waals surface area contributed by atoms with Crippen LogP contribution in [0.3, 0.4) is 0 Å². The van der Waals surface area contributed by atoms with Crippen LogP contribution in [0.2, 0.25) is 0 Å². The van der Waals surface area contributed by atoms with Crippen molar-refractivity contribution >= 4 is 10.1 Å². The predicted octanol–water partition coefficient (Wildman–Crippen LogP) is -0.169. The van der Waals surface area contributed by atoms with E-state index >= 15 is 0 Å². The second kappa shape index (κ2) is 8.06. The number of nitrogens with one attached hydrogen (secondary N) is 1. The molecular formula is C11H22NO5S-. The molecule has 0 heterocycles. The molecule has 1 aliphatic rings. The molecule has 0 aromatic rings. The Bertz CT molecular complexity index is 313. The highest BCUT2D eigenvalue weighted by molar-refractivity contribution is 7.85. The van der Waals surface area contributed by atoms with E-state index < -0.39 is 22.0 Å². The van der Waals surface area contributed by atoms with E-state index in [9.17, 15) is 13.0 Å². The van der Waals surface area contributed by atoms with Gasteiger partial charge in [0.15, 0.2) is 0 Å². The molecular weight excluding hydrogens is 258 g/mol. The summed E-state index contributed by atoms with van der Waals surface area (Å²) in [4.78, 5) is 0. The quantitative estimate of drug-likeness (QED) is 0.599. The van der Waals surface area contributed by atoms with Gasteiger partial charge in [0.2, 0.25) is 0 Å². The highest BCUT2D eigenvalue weighted by Gasteiger charge is 2.17. The predicted molar refractivity (Wildman–Crippen MR) is 66.3 cm³/mol. The SMILES string of the molecule is O=S(=O)([O-])CC(CNC1CCCCC1)OCCO. The van der Waals surface area contributed by atoms with Crippen molar-refractivity contribution in [3.63, 3.8) is 0 Å². The molecule has 1 rings (SSSR count). The Kier molecular flexibility index (Phi) is 7.10. The van der Waals surface area contributed by atoms with E-state index in [4.69, 9.17) is 9.84 Å². The lowest BCUT2D eigenvalue weighted by molar-refractivity contribution is 0.0381. The topological polar surface area (TPSA) is 98.7 Å². The second-order valence-corrected chi connectivity index (χ2v) is 6.13. The fourth-order valence-electron chi connectivity index (χ4n) is 2.22. The van der Waals surface area contributed by atoms with E-state index in [0.29, 0.717) is 12.6 Å². The van der Waals surface area contributed by atoms with Crippen LogP contribution in [0.5, 0.6) is 0 Å². The fraction of sp³-hybridized carbons (Fsp3) is 1.00. The number of ether oxygens (including phenoxy) is 1. The molecule has 0 amide bonds. The normalized spacial score (nSPS) is 19.9. The minimum atomic E-state index is -4.30. The van der Waals surface area contributed by atoms with E-state index in [2.05, 4.69) is 5.32 Å². The standard InChI is InChI=1S/C11H23NO5S/c13-6-7-17-11(9-18(14,15)16)8-12-10-4-2-1-3-5-10/h10-13H,1-9H2,(H,14,15,16)/p-1. The minimum Gasteiger partial charge on any atom is -0.748 e. The van der Waals surface area contributed by atoms with Gasteiger partial charge in [0.25, 0.3) is 0 Å². The molecule has 0 radical (unpaired) electrons. The van der Waals surface area contributed by atoms with Gasteiger partial charge in [0.1, 0.15) is 0 Å². The Morgan fingerprint density at radius 1 is 1.33 bits per heavy atom. The number of aliphatic hydroxyl groups excluding tert-OH is 1. The van der Waals surface area contributed by atoms with Gasteiger partial charge in [-0.05, 0) is 12.8 Å². The molecule has 0 aliphatic heterocycles. The zero-order valence-electron chi connectivity index (χ0n) is 10.5. The van der Waals surface area contributed by atoms with E-state index in [1.165, 1.54) is 19.3 Å². The Morgan fingerprint density at radius 3 is 2.56 bits per heavy atom. The van der Waals surface area contributed by atoms with Gasteiger partial charge < -0.3 is 19.7 Å². The van der Waals surface area contributed by atoms with Crippen LogP contribution in [0, 0.1) is 0 Å². The first-order valence-corrected chi connectivity index (χ1v) is 7.98. The van der Waals surface area contributed by atoms with Crippen LogP contribution < -0.4 is 5.32 Å². The van der Waals surface area contributed by atoms with Crippen LogP contribution >= 0.6 is 0 Å². The maximum absolute atomic E-state index is 10.7. The van der Waals surface area contributed by atoms with Gasteiger partial charge in [-0.25, -0.2) is 8.42 Å². The molecule has 1 aliphatic carbocycles. The summed E-state index contributed by atoms with van der Waals surface area (Å²) in [5.74, 6) is -0.549. The third-order valence-corrected chi connectivity index (χ3v) is 3.85. The summed E-state index contributed by atoms with van der Waals surface area (Å²) in [6.07, 6.45) is 5.09. The van der Waals surface area contributed by atoms with Crippen molar-refractivity contribution in [3.8, 4) is 0 Å². The van der Waals surface area contributed by atoms with Crippen molar-refractivity contribution in [3.05, 3.63) is 0 Å². The van der Waals surface area contributed by atoms with Crippen LogP contribution in [-0.4, -0.2) is 55.7 Å². The summed E-state index contributed by atoms with van der Waals surface area (Å²) < 4.78 is 37.4. The van der Waals surface area contributed by atoms with E-state index in [1.54, 1.807) is 0 Å². The maximum Gasteiger partial charge on any atom is 0.0972 e. The minimum absolute atomic E-state index is 0.0481. The molecule has 0 bridgehead atoms. The lowest BCUT2D eigenvalue weighted by Gasteiger charge is -2.26. The summed E-state index contributed by atoms with van der Waals surface area (Å²) in [5.41, 5.74) is 0. The largest absolute Gasteiger partial charge is 0.748 e. The van der Waals surface area contributed by atoms with Crippen molar-refractivity contribution < 1.29 is 22.8 Å². The average molecular weight is 280 g/mol. The summed E-state index contributed by atoms with van der Waals surface area (Å²) in [6, 6.07) is 0.383. The highest BCUT2D eigenvalue weighted by atomic mass is 32.2. The van der Waals surface area contributed by atoms with Crippen molar-refractivity contribution in [1.82, 2.24) is 5.32 Å². The molecule has 0 aromatic carbocycles. The lowest BCUT2D eigenvalue weighted by atomic mass is 9.95. The Labute approximate surface area is 108 Å². The van der Waals surface area contributed by atoms with E-state index in [0.717, 1.165) is 12.8 Å². The summed E-state index contributed by atoms with van der Waals surface area (Å²) in [5, 5.41) is 11.9. The van der Waals surface area contributed by atoms with Crippen molar-refractivity contribution in [2.24, 2.45) is 0 Å². The lowest BCUT2D eigenvalue weighted by Crippen LogP contribution is -2.41. The van der Waals surface area contributed by atoms with Gasteiger partial charge in [0, 0.05) is 12.6 Å². The second-order valence-electron chi connectivity index (χ2n) is 4.68. The highest BCUT2D eigenvalue weighted by Crippen LogP contribution is 2.17. The maximum atomic E-state index is 10.7. The number of aliphatic hydroxyl groups is 1. The molecule has 108 valence electrons. The molecule has 0 aromatic heterocycles. The molecule has 1 atom stereocenters. The number of hydrogen-bond acceptors (Lipinski definition) is 6. The van der Waals surface area contributed by atoms with Crippen LogP contribution in [0.15, 0.2) is 0 Å². The van der Waals surface area contributed by atoms with Crippen molar-refractivity contribution in [1.29, 1.82) is 0 Å². The summed E-state index contributed by atoms with van der Waals surface area (Å²) in [7, 11) is -4.30. The van der Waals surface area contributed by atoms with Gasteiger partial charge >= 0.3 is 0 Å². The number of rotatable bonds is 8. The molecule has 6 nitrogen and oxygen atoms in total. The van der Waals surface area contributed by atoms with Crippen LogP contribution in [0.4, 0.5) is 0 Å². The molecule has 18 heavy (non-hydrogen) atoms. The Balaban J connectivity index is 2.34. The first-order valence-electron chi connectivity index (χ1n) is 6.40. The van der Waals surface area contributed by atoms with Crippen LogP contribution in [-0.2, 0) is 14.9 Å². The van der Waals surface area contributed by atoms with Crippen molar-refractivity contribution in [2.45, 2.75) is 44.2 Å². The molecule has 1 fully saturated rings. The smallest absolute Gasteiger partial charge is 0.0972 e. The van der Waals surface area contributed by atoms with Gasteiger partial charge in [-0.3, -0.25) is 0 Å². The molecule has 0 spiro atoms. The fourth-order valence-corrected chi connectivity index (χ4v) is 2.89. The monoisotopic (exact) mass is 280 g/mol. The van der Waals surface area contributed by atoms with E-state index in [1.807, 2.05) is 0 Å². The average Bonchev–Trinajstić information content (AvgIpc) is 2.32. The molecule has 0 saturated heterocycles. The third-order valence-electron chi connectivity index (χ3n) is 3.07. The molecule has 7 heteroatoms.